The van der Waals surface area contributed by atoms with E-state index in [0.717, 1.165) is 23.3 Å². The summed E-state index contributed by atoms with van der Waals surface area (Å²) in [6, 6.07) is 5.53. The molecule has 2 rings (SSSR count). The second-order valence-electron chi connectivity index (χ2n) is 4.68. The van der Waals surface area contributed by atoms with Crippen LogP contribution >= 0.6 is 0 Å². The Morgan fingerprint density at radius 3 is 2.82 bits per heavy atom. The van der Waals surface area contributed by atoms with Crippen LogP contribution in [0, 0.1) is 6.92 Å². The maximum absolute atomic E-state index is 12.2. The monoisotopic (exact) mass is 253 g/mol. The summed E-state index contributed by atoms with van der Waals surface area (Å²) >= 11 is 0. The van der Waals surface area contributed by atoms with Gasteiger partial charge in [0.25, 0.3) is 0 Å². The van der Waals surface area contributed by atoms with Crippen LogP contribution in [0.15, 0.2) is 23.1 Å². The lowest BCUT2D eigenvalue weighted by Crippen LogP contribution is -2.17. The molecule has 1 saturated heterocycles. The molecule has 1 aromatic rings. The van der Waals surface area contributed by atoms with Crippen molar-refractivity contribution in [3.8, 4) is 0 Å². The SMILES string of the molecule is Cc1cc(N)ccc1S(=O)CC1CCC(C)O1. The van der Waals surface area contributed by atoms with Crippen molar-refractivity contribution in [1.82, 2.24) is 0 Å². The van der Waals surface area contributed by atoms with Crippen LogP contribution in [0.3, 0.4) is 0 Å². The molecule has 3 unspecified atom stereocenters. The molecule has 3 atom stereocenters. The molecule has 0 saturated carbocycles. The molecule has 0 aliphatic carbocycles. The van der Waals surface area contributed by atoms with E-state index in [1.165, 1.54) is 0 Å². The molecule has 1 fully saturated rings. The van der Waals surface area contributed by atoms with Gasteiger partial charge in [-0.2, -0.15) is 0 Å². The van der Waals surface area contributed by atoms with Gasteiger partial charge < -0.3 is 10.5 Å². The fraction of sp³-hybridized carbons (Fsp3) is 0.538. The van der Waals surface area contributed by atoms with E-state index < -0.39 is 10.8 Å². The van der Waals surface area contributed by atoms with Crippen LogP contribution < -0.4 is 5.73 Å². The van der Waals surface area contributed by atoms with Gasteiger partial charge in [-0.3, -0.25) is 4.21 Å². The lowest BCUT2D eigenvalue weighted by molar-refractivity contribution is 0.0695. The molecule has 17 heavy (non-hydrogen) atoms. The summed E-state index contributed by atoms with van der Waals surface area (Å²) in [5, 5.41) is 0. The average Bonchev–Trinajstić information content (AvgIpc) is 2.63. The molecule has 0 aromatic heterocycles. The first kappa shape index (κ1) is 12.6. The number of nitrogen functional groups attached to an aromatic ring is 1. The van der Waals surface area contributed by atoms with Crippen molar-refractivity contribution in [2.75, 3.05) is 11.5 Å². The second kappa shape index (κ2) is 5.19. The van der Waals surface area contributed by atoms with Crippen molar-refractivity contribution in [2.45, 2.75) is 43.8 Å². The highest BCUT2D eigenvalue weighted by Crippen LogP contribution is 2.23. The van der Waals surface area contributed by atoms with Gasteiger partial charge in [-0.1, -0.05) is 0 Å². The minimum absolute atomic E-state index is 0.141. The normalized spacial score (nSPS) is 26.0. The zero-order valence-corrected chi connectivity index (χ0v) is 11.1. The molecule has 1 aromatic carbocycles. The third kappa shape index (κ3) is 3.07. The Labute approximate surface area is 105 Å². The highest BCUT2D eigenvalue weighted by Gasteiger charge is 2.24. The van der Waals surface area contributed by atoms with E-state index in [4.69, 9.17) is 10.5 Å². The topological polar surface area (TPSA) is 52.3 Å². The summed E-state index contributed by atoms with van der Waals surface area (Å²) in [7, 11) is -0.989. The van der Waals surface area contributed by atoms with Gasteiger partial charge in [0.1, 0.15) is 0 Å². The first-order valence-corrected chi connectivity index (χ1v) is 7.28. The molecule has 0 bridgehead atoms. The van der Waals surface area contributed by atoms with Gasteiger partial charge in [0.15, 0.2) is 0 Å². The number of rotatable bonds is 3. The summed E-state index contributed by atoms with van der Waals surface area (Å²) in [5.41, 5.74) is 7.40. The Morgan fingerprint density at radius 1 is 1.47 bits per heavy atom. The van der Waals surface area contributed by atoms with Crippen LogP contribution in [0.5, 0.6) is 0 Å². The van der Waals surface area contributed by atoms with E-state index in [1.807, 2.05) is 19.1 Å². The molecule has 3 nitrogen and oxygen atoms in total. The van der Waals surface area contributed by atoms with Crippen molar-refractivity contribution >= 4 is 16.5 Å². The van der Waals surface area contributed by atoms with Gasteiger partial charge in [0.05, 0.1) is 28.8 Å². The van der Waals surface area contributed by atoms with Crippen LogP contribution in [0.1, 0.15) is 25.3 Å². The van der Waals surface area contributed by atoms with Crippen molar-refractivity contribution in [3.63, 3.8) is 0 Å². The Hall–Kier alpha value is -0.870. The molecular weight excluding hydrogens is 234 g/mol. The molecule has 0 amide bonds. The van der Waals surface area contributed by atoms with Crippen LogP contribution in [0.25, 0.3) is 0 Å². The number of anilines is 1. The predicted molar refractivity (Wildman–Crippen MR) is 70.4 cm³/mol. The van der Waals surface area contributed by atoms with Gasteiger partial charge in [-0.15, -0.1) is 0 Å². The van der Waals surface area contributed by atoms with E-state index in [1.54, 1.807) is 6.07 Å². The fourth-order valence-electron chi connectivity index (χ4n) is 2.19. The molecule has 94 valence electrons. The third-order valence-electron chi connectivity index (χ3n) is 3.10. The Balaban J connectivity index is 2.04. The van der Waals surface area contributed by atoms with Crippen molar-refractivity contribution in [1.29, 1.82) is 0 Å². The largest absolute Gasteiger partial charge is 0.399 e. The molecule has 1 aliphatic heterocycles. The Morgan fingerprint density at radius 2 is 2.24 bits per heavy atom. The van der Waals surface area contributed by atoms with Crippen LogP contribution in [0.2, 0.25) is 0 Å². The first-order valence-electron chi connectivity index (χ1n) is 5.96. The predicted octanol–water partition coefficient (Wildman–Crippen LogP) is 2.25. The molecule has 0 radical (unpaired) electrons. The van der Waals surface area contributed by atoms with E-state index in [-0.39, 0.29) is 6.10 Å². The molecule has 2 N–H and O–H groups in total. The van der Waals surface area contributed by atoms with Gasteiger partial charge in [-0.05, 0) is 50.5 Å². The first-order chi connectivity index (χ1) is 8.06. The van der Waals surface area contributed by atoms with Gasteiger partial charge in [0, 0.05) is 10.6 Å². The van der Waals surface area contributed by atoms with Crippen molar-refractivity contribution < 1.29 is 8.95 Å². The Kier molecular flexibility index (Phi) is 3.84. The summed E-state index contributed by atoms with van der Waals surface area (Å²) in [4.78, 5) is 0.877. The van der Waals surface area contributed by atoms with E-state index in [2.05, 4.69) is 6.92 Å². The van der Waals surface area contributed by atoms with Gasteiger partial charge >= 0.3 is 0 Å². The smallest absolute Gasteiger partial charge is 0.0698 e. The Bertz CT molecular complexity index is 433. The minimum Gasteiger partial charge on any atom is -0.399 e. The second-order valence-corrected chi connectivity index (χ2v) is 6.15. The molecule has 0 spiro atoms. The number of hydrogen-bond acceptors (Lipinski definition) is 3. The minimum atomic E-state index is -0.989. The number of benzene rings is 1. The lowest BCUT2D eigenvalue weighted by Gasteiger charge is -2.12. The van der Waals surface area contributed by atoms with E-state index in [9.17, 15) is 4.21 Å². The van der Waals surface area contributed by atoms with E-state index in [0.29, 0.717) is 17.5 Å². The summed E-state index contributed by atoms with van der Waals surface area (Å²) in [5.74, 6) is 0.592. The standard InChI is InChI=1S/C13H19NO2S/c1-9-7-11(14)4-6-13(9)17(15)8-12-5-3-10(2)16-12/h4,6-7,10,12H,3,5,8,14H2,1-2H3. The number of aryl methyl sites for hydroxylation is 1. The molecular formula is C13H19NO2S. The molecule has 1 aliphatic rings. The zero-order chi connectivity index (χ0) is 12.4. The quantitative estimate of drug-likeness (QED) is 0.841. The summed E-state index contributed by atoms with van der Waals surface area (Å²) in [6.07, 6.45) is 2.54. The van der Waals surface area contributed by atoms with Crippen molar-refractivity contribution in [3.05, 3.63) is 23.8 Å². The fourth-order valence-corrected chi connectivity index (χ4v) is 3.59. The number of nitrogens with two attached hydrogens (primary N) is 1. The van der Waals surface area contributed by atoms with Crippen LogP contribution in [0.4, 0.5) is 5.69 Å². The summed E-state index contributed by atoms with van der Waals surface area (Å²) in [6.45, 7) is 4.01. The average molecular weight is 253 g/mol. The van der Waals surface area contributed by atoms with Gasteiger partial charge in [0.2, 0.25) is 0 Å². The van der Waals surface area contributed by atoms with Crippen LogP contribution in [-0.2, 0) is 15.5 Å². The zero-order valence-electron chi connectivity index (χ0n) is 10.3. The van der Waals surface area contributed by atoms with Crippen molar-refractivity contribution in [2.24, 2.45) is 0 Å². The molecule has 4 heteroatoms. The third-order valence-corrected chi connectivity index (χ3v) is 4.72. The highest BCUT2D eigenvalue weighted by atomic mass is 32.2. The maximum Gasteiger partial charge on any atom is 0.0698 e. The lowest BCUT2D eigenvalue weighted by atomic mass is 10.2. The number of ether oxygens (including phenoxy) is 1. The van der Waals surface area contributed by atoms with Gasteiger partial charge in [-0.25, -0.2) is 0 Å². The maximum atomic E-state index is 12.2. The summed E-state index contributed by atoms with van der Waals surface area (Å²) < 4.78 is 17.9. The number of hydrogen-bond donors (Lipinski definition) is 1. The van der Waals surface area contributed by atoms with Crippen LogP contribution in [-0.4, -0.2) is 22.2 Å². The molecule has 1 heterocycles. The highest BCUT2D eigenvalue weighted by molar-refractivity contribution is 7.85. The van der Waals surface area contributed by atoms with E-state index >= 15 is 0 Å².